The molecule has 0 saturated heterocycles. The average molecular weight is 333 g/mol. The fraction of sp³-hybridized carbons (Fsp3) is 0.333. The molecule has 0 aromatic carbocycles. The fourth-order valence-electron chi connectivity index (χ4n) is 2.35. The molecule has 0 unspecified atom stereocenters. The summed E-state index contributed by atoms with van der Waals surface area (Å²) in [5.41, 5.74) is 0.0941. The van der Waals surface area contributed by atoms with Gasteiger partial charge in [-0.2, -0.15) is 23.5 Å². The van der Waals surface area contributed by atoms with Gasteiger partial charge in [0.1, 0.15) is 17.5 Å². The van der Waals surface area contributed by atoms with E-state index in [4.69, 9.17) is 16.9 Å². The number of nitrogens with zero attached hydrogens (tertiary/aromatic N) is 3. The summed E-state index contributed by atoms with van der Waals surface area (Å²) < 4.78 is 41.0. The van der Waals surface area contributed by atoms with Crippen molar-refractivity contribution < 1.29 is 13.2 Å². The van der Waals surface area contributed by atoms with Crippen LogP contribution in [0.1, 0.15) is 28.9 Å². The minimum atomic E-state index is -4.44. The maximum atomic E-state index is 13.2. The van der Waals surface area contributed by atoms with Gasteiger partial charge in [-0.15, -0.1) is 11.3 Å². The first-order chi connectivity index (χ1) is 9.90. The van der Waals surface area contributed by atoms with Gasteiger partial charge in [0.25, 0.3) is 0 Å². The summed E-state index contributed by atoms with van der Waals surface area (Å²) in [6.07, 6.45) is -3.49. The van der Waals surface area contributed by atoms with Gasteiger partial charge in [0.15, 0.2) is 6.04 Å². The maximum absolute atomic E-state index is 13.2. The highest BCUT2D eigenvalue weighted by atomic mass is 35.5. The standard InChI is InChI=1S/C12H8ClF3N4S/c13-10-2-1-8(21-10)7-3-9(12(14,15)16)20-11(19-7)6(4-17)5-18-20/h1-2,5,7,9,19H,3H2/t7-,9-/m1/s1. The van der Waals surface area contributed by atoms with Crippen LogP contribution >= 0.6 is 22.9 Å². The van der Waals surface area contributed by atoms with E-state index >= 15 is 0 Å². The number of nitrogens with one attached hydrogen (secondary N) is 1. The quantitative estimate of drug-likeness (QED) is 0.854. The highest BCUT2D eigenvalue weighted by molar-refractivity contribution is 7.16. The molecule has 1 N–H and O–H groups in total. The lowest BCUT2D eigenvalue weighted by atomic mass is 10.0. The molecule has 4 nitrogen and oxygen atoms in total. The van der Waals surface area contributed by atoms with Crippen LogP contribution in [-0.2, 0) is 0 Å². The molecule has 1 aliphatic heterocycles. The summed E-state index contributed by atoms with van der Waals surface area (Å²) in [5, 5.41) is 15.6. The molecular weight excluding hydrogens is 325 g/mol. The van der Waals surface area contributed by atoms with E-state index in [0.717, 1.165) is 10.9 Å². The lowest BCUT2D eigenvalue weighted by molar-refractivity contribution is -0.173. The van der Waals surface area contributed by atoms with E-state index in [1.54, 1.807) is 12.1 Å². The van der Waals surface area contributed by atoms with E-state index in [9.17, 15) is 13.2 Å². The Kier molecular flexibility index (Phi) is 3.34. The average Bonchev–Trinajstić information content (AvgIpc) is 3.02. The van der Waals surface area contributed by atoms with Crippen LogP contribution in [0.15, 0.2) is 18.3 Å². The Morgan fingerprint density at radius 3 is 2.81 bits per heavy atom. The highest BCUT2D eigenvalue weighted by Crippen LogP contribution is 2.45. The van der Waals surface area contributed by atoms with Gasteiger partial charge in [0.2, 0.25) is 0 Å². The number of nitriles is 1. The van der Waals surface area contributed by atoms with Crippen LogP contribution in [0.5, 0.6) is 0 Å². The molecule has 0 bridgehead atoms. The molecular formula is C12H8ClF3N4S. The van der Waals surface area contributed by atoms with E-state index < -0.39 is 18.3 Å². The molecule has 9 heteroatoms. The van der Waals surface area contributed by atoms with Gasteiger partial charge in [0.05, 0.1) is 16.6 Å². The Hall–Kier alpha value is -1.72. The fourth-order valence-corrected chi connectivity index (χ4v) is 3.47. The zero-order valence-electron chi connectivity index (χ0n) is 10.4. The Morgan fingerprint density at radius 1 is 1.48 bits per heavy atom. The molecule has 21 heavy (non-hydrogen) atoms. The van der Waals surface area contributed by atoms with Crippen LogP contribution in [0, 0.1) is 11.3 Å². The van der Waals surface area contributed by atoms with Gasteiger partial charge in [-0.25, -0.2) is 4.68 Å². The van der Waals surface area contributed by atoms with E-state index in [-0.39, 0.29) is 17.8 Å². The van der Waals surface area contributed by atoms with Crippen molar-refractivity contribution in [3.8, 4) is 6.07 Å². The Morgan fingerprint density at radius 2 is 2.24 bits per heavy atom. The monoisotopic (exact) mass is 332 g/mol. The zero-order valence-corrected chi connectivity index (χ0v) is 11.9. The van der Waals surface area contributed by atoms with E-state index in [1.165, 1.54) is 11.3 Å². The number of alkyl halides is 3. The zero-order chi connectivity index (χ0) is 15.2. The predicted octanol–water partition coefficient (Wildman–Crippen LogP) is 4.13. The lowest BCUT2D eigenvalue weighted by Gasteiger charge is -2.33. The molecule has 0 aliphatic carbocycles. The summed E-state index contributed by atoms with van der Waals surface area (Å²) in [6.45, 7) is 0. The predicted molar refractivity (Wildman–Crippen MR) is 72.3 cm³/mol. The molecule has 0 amide bonds. The number of anilines is 1. The van der Waals surface area contributed by atoms with Crippen molar-refractivity contribution in [3.05, 3.63) is 33.1 Å². The van der Waals surface area contributed by atoms with Gasteiger partial charge in [0, 0.05) is 11.3 Å². The van der Waals surface area contributed by atoms with Crippen LogP contribution in [-0.4, -0.2) is 16.0 Å². The Bertz CT molecular complexity index is 715. The lowest BCUT2D eigenvalue weighted by Crippen LogP contribution is -2.35. The van der Waals surface area contributed by atoms with Crippen molar-refractivity contribution in [3.63, 3.8) is 0 Å². The second-order valence-corrected chi connectivity index (χ2v) is 6.34. The summed E-state index contributed by atoms with van der Waals surface area (Å²) in [7, 11) is 0. The van der Waals surface area contributed by atoms with Gasteiger partial charge < -0.3 is 5.32 Å². The van der Waals surface area contributed by atoms with E-state index in [2.05, 4.69) is 10.4 Å². The van der Waals surface area contributed by atoms with Gasteiger partial charge in [-0.05, 0) is 12.1 Å². The van der Waals surface area contributed by atoms with E-state index in [0.29, 0.717) is 9.21 Å². The smallest absolute Gasteiger partial charge is 0.361 e. The molecule has 2 atom stereocenters. The van der Waals surface area contributed by atoms with Gasteiger partial charge in [-0.3, -0.25) is 0 Å². The minimum absolute atomic E-state index is 0.0941. The molecule has 1 aliphatic rings. The topological polar surface area (TPSA) is 53.6 Å². The number of rotatable bonds is 1. The number of hydrogen-bond acceptors (Lipinski definition) is 4. The summed E-state index contributed by atoms with van der Waals surface area (Å²) in [6, 6.07) is 2.87. The minimum Gasteiger partial charge on any atom is -0.361 e. The maximum Gasteiger partial charge on any atom is 0.410 e. The third kappa shape index (κ3) is 2.47. The molecule has 2 aromatic heterocycles. The van der Waals surface area contributed by atoms with Crippen LogP contribution in [0.25, 0.3) is 0 Å². The first-order valence-corrected chi connectivity index (χ1v) is 7.15. The van der Waals surface area contributed by atoms with Crippen LogP contribution in [0.2, 0.25) is 4.34 Å². The molecule has 0 fully saturated rings. The van der Waals surface area contributed by atoms with Crippen molar-refractivity contribution >= 4 is 28.8 Å². The number of aromatic nitrogens is 2. The van der Waals surface area contributed by atoms with Crippen molar-refractivity contribution in [2.75, 3.05) is 5.32 Å². The number of thiophene rings is 1. The second kappa shape index (κ2) is 4.93. The number of fused-ring (bicyclic) bond motifs is 1. The number of hydrogen-bond donors (Lipinski definition) is 1. The summed E-state index contributed by atoms with van der Waals surface area (Å²) >= 11 is 7.06. The van der Waals surface area contributed by atoms with Crippen molar-refractivity contribution in [2.24, 2.45) is 0 Å². The second-order valence-electron chi connectivity index (χ2n) is 4.60. The van der Waals surface area contributed by atoms with Crippen LogP contribution < -0.4 is 5.32 Å². The molecule has 0 spiro atoms. The molecule has 0 radical (unpaired) electrons. The third-order valence-electron chi connectivity index (χ3n) is 3.30. The van der Waals surface area contributed by atoms with Gasteiger partial charge >= 0.3 is 6.18 Å². The molecule has 0 saturated carbocycles. The Labute approximate surface area is 126 Å². The first kappa shape index (κ1) is 14.2. The highest BCUT2D eigenvalue weighted by Gasteiger charge is 2.47. The molecule has 2 aromatic rings. The molecule has 3 heterocycles. The third-order valence-corrected chi connectivity index (χ3v) is 4.64. The SMILES string of the molecule is N#Cc1cnn2c1N[C@@H](c1ccc(Cl)s1)C[C@@H]2C(F)(F)F. The molecule has 3 rings (SSSR count). The largest absolute Gasteiger partial charge is 0.410 e. The van der Waals surface area contributed by atoms with Crippen LogP contribution in [0.3, 0.4) is 0 Å². The van der Waals surface area contributed by atoms with Crippen LogP contribution in [0.4, 0.5) is 19.0 Å². The van der Waals surface area contributed by atoms with Crippen molar-refractivity contribution in [1.29, 1.82) is 5.26 Å². The van der Waals surface area contributed by atoms with E-state index in [1.807, 2.05) is 6.07 Å². The van der Waals surface area contributed by atoms with Crippen molar-refractivity contribution in [1.82, 2.24) is 9.78 Å². The summed E-state index contributed by atoms with van der Waals surface area (Å²) in [5.74, 6) is 0.0978. The normalized spacial score (nSPS) is 21.5. The Balaban J connectivity index is 2.05. The number of halogens is 4. The van der Waals surface area contributed by atoms with Gasteiger partial charge in [-0.1, -0.05) is 11.6 Å². The molecule has 110 valence electrons. The first-order valence-electron chi connectivity index (χ1n) is 5.96. The van der Waals surface area contributed by atoms with Crippen molar-refractivity contribution in [2.45, 2.75) is 24.7 Å². The summed E-state index contributed by atoms with van der Waals surface area (Å²) in [4.78, 5) is 0.700.